The van der Waals surface area contributed by atoms with E-state index >= 15 is 0 Å². The number of hydrogen-bond donors (Lipinski definition) is 2. The van der Waals surface area contributed by atoms with Crippen molar-refractivity contribution in [3.05, 3.63) is 29.2 Å². The molecule has 0 saturated heterocycles. The molecule has 1 heterocycles. The molecule has 88 valence electrons. The molecule has 1 rings (SSSR count). The number of nitrogens with two attached hydrogens (primary N) is 2. The van der Waals surface area contributed by atoms with Crippen molar-refractivity contribution in [1.82, 2.24) is 0 Å². The Balaban J connectivity index is 0.000000921. The molecule has 0 bridgehead atoms. The van der Waals surface area contributed by atoms with Gasteiger partial charge in [-0.1, -0.05) is 17.8 Å². The molecule has 0 aromatic heterocycles. The molecular formula is C7H9AuClN5S-2. The van der Waals surface area contributed by atoms with Crippen LogP contribution in [0.25, 0.3) is 5.32 Å². The molecule has 1 aliphatic heterocycles. The van der Waals surface area contributed by atoms with Crippen molar-refractivity contribution >= 4 is 32.8 Å². The molecule has 0 unspecified atom stereocenters. The fourth-order valence-corrected chi connectivity index (χ4v) is 0.785. The normalized spacial score (nSPS) is 16.1. The first-order valence-electron chi connectivity index (χ1n) is 3.70. The third kappa shape index (κ3) is 6.53. The van der Waals surface area contributed by atoms with Gasteiger partial charge < -0.3 is 29.4 Å². The van der Waals surface area contributed by atoms with Crippen LogP contribution in [0.15, 0.2) is 34.1 Å². The average Bonchev–Trinajstić information content (AvgIpc) is 2.30. The Kier molecular flexibility index (Phi) is 8.44. The third-order valence-electron chi connectivity index (χ3n) is 1.28. The maximum absolute atomic E-state index is 5.54. The molecule has 0 spiro atoms. The summed E-state index contributed by atoms with van der Waals surface area (Å²) in [7, 11) is 4.58. The Morgan fingerprint density at radius 1 is 1.47 bits per heavy atom. The summed E-state index contributed by atoms with van der Waals surface area (Å²) in [4.78, 5) is 0. The monoisotopic (exact) mass is 427 g/mol. The first kappa shape index (κ1) is 14.5. The predicted octanol–water partition coefficient (Wildman–Crippen LogP) is 0.635. The second kappa shape index (κ2) is 8.75. The summed E-state index contributed by atoms with van der Waals surface area (Å²) in [6.45, 7) is 0.606. The molecule has 0 atom stereocenters. The molecule has 0 radical (unpaired) electrons. The van der Waals surface area contributed by atoms with Crippen molar-refractivity contribution in [3.63, 3.8) is 0 Å². The molecule has 0 aliphatic carbocycles. The van der Waals surface area contributed by atoms with Crippen LogP contribution in [0, 0.1) is 0 Å². The van der Waals surface area contributed by atoms with E-state index < -0.39 is 0 Å². The molecule has 8 heteroatoms. The van der Waals surface area contributed by atoms with E-state index in [1.807, 2.05) is 12.2 Å². The van der Waals surface area contributed by atoms with E-state index in [2.05, 4.69) is 37.3 Å². The minimum absolute atomic E-state index is 0.0464. The molecule has 15 heavy (non-hydrogen) atoms. The molecular weight excluding hydrogens is 419 g/mol. The summed E-state index contributed by atoms with van der Waals surface area (Å²) in [6.07, 6.45) is 5.50. The van der Waals surface area contributed by atoms with Crippen LogP contribution in [-0.4, -0.2) is 17.5 Å². The molecule has 4 N–H and O–H groups in total. The first-order valence-corrected chi connectivity index (χ1v) is 6.79. The van der Waals surface area contributed by atoms with Gasteiger partial charge in [0.05, 0.1) is 0 Å². The van der Waals surface area contributed by atoms with Gasteiger partial charge in [-0.05, 0) is 5.17 Å². The van der Waals surface area contributed by atoms with Gasteiger partial charge in [-0.3, -0.25) is 0 Å². The SMILES string of the molecule is NC([S-])=NN=C(N)C1=CC=CC[N-]1.[Cl][Au]. The second-order valence-electron chi connectivity index (χ2n) is 2.24. The summed E-state index contributed by atoms with van der Waals surface area (Å²) < 4.78 is 0. The summed E-state index contributed by atoms with van der Waals surface area (Å²) in [6, 6.07) is 0. The summed E-state index contributed by atoms with van der Waals surface area (Å²) in [5.41, 5.74) is 11.2. The van der Waals surface area contributed by atoms with Crippen LogP contribution in [0.1, 0.15) is 0 Å². The molecule has 0 fully saturated rings. The predicted molar refractivity (Wildman–Crippen MR) is 61.9 cm³/mol. The molecule has 1 aliphatic rings. The van der Waals surface area contributed by atoms with Crippen LogP contribution in [-0.2, 0) is 32.6 Å². The van der Waals surface area contributed by atoms with E-state index in [-0.39, 0.29) is 11.0 Å². The van der Waals surface area contributed by atoms with E-state index in [0.717, 1.165) is 0 Å². The van der Waals surface area contributed by atoms with Crippen LogP contribution < -0.4 is 11.5 Å². The van der Waals surface area contributed by atoms with Gasteiger partial charge in [0, 0.05) is 0 Å². The second-order valence-corrected chi connectivity index (χ2v) is 2.66. The topological polar surface area (TPSA) is 90.9 Å². The zero-order valence-corrected chi connectivity index (χ0v) is 11.3. The molecule has 0 amide bonds. The van der Waals surface area contributed by atoms with E-state index in [0.29, 0.717) is 12.2 Å². The van der Waals surface area contributed by atoms with Crippen LogP contribution in [0.4, 0.5) is 0 Å². The van der Waals surface area contributed by atoms with Gasteiger partial charge in [0.15, 0.2) is 0 Å². The van der Waals surface area contributed by atoms with E-state index in [1.54, 1.807) is 26.1 Å². The maximum atomic E-state index is 5.54. The zero-order valence-electron chi connectivity index (χ0n) is 7.52. The number of nitrogens with zero attached hydrogens (tertiary/aromatic N) is 3. The van der Waals surface area contributed by atoms with Crippen LogP contribution in [0.5, 0.6) is 0 Å². The Bertz CT molecular complexity index is 309. The summed E-state index contributed by atoms with van der Waals surface area (Å²) in [5, 5.41) is 11.1. The molecule has 5 nitrogen and oxygen atoms in total. The fourth-order valence-electron chi connectivity index (χ4n) is 0.745. The first-order chi connectivity index (χ1) is 7.20. The van der Waals surface area contributed by atoms with Gasteiger partial charge >= 0.3 is 29.2 Å². The fraction of sp³-hybridized carbons (Fsp3) is 0.143. The van der Waals surface area contributed by atoms with Gasteiger partial charge in [-0.15, -0.1) is 17.7 Å². The summed E-state index contributed by atoms with van der Waals surface area (Å²) >= 11 is 6.25. The number of hydrogen-bond acceptors (Lipinski definition) is 3. The molecule has 0 aromatic rings. The van der Waals surface area contributed by atoms with Crippen molar-refractivity contribution in [1.29, 1.82) is 0 Å². The quantitative estimate of drug-likeness (QED) is 0.223. The molecule has 0 aromatic carbocycles. The Labute approximate surface area is 110 Å². The Hall–Kier alpha value is -0.530. The number of amidine groups is 2. The van der Waals surface area contributed by atoms with Gasteiger partial charge in [-0.2, -0.15) is 5.10 Å². The van der Waals surface area contributed by atoms with E-state index in [4.69, 9.17) is 11.5 Å². The van der Waals surface area contributed by atoms with Crippen molar-refractivity contribution in [2.45, 2.75) is 0 Å². The van der Waals surface area contributed by atoms with Gasteiger partial charge in [-0.25, -0.2) is 0 Å². The van der Waals surface area contributed by atoms with Crippen molar-refractivity contribution < 1.29 is 20.0 Å². The van der Waals surface area contributed by atoms with Crippen molar-refractivity contribution in [2.24, 2.45) is 21.7 Å². The number of rotatable bonds is 2. The van der Waals surface area contributed by atoms with Crippen molar-refractivity contribution in [2.75, 3.05) is 6.54 Å². The Morgan fingerprint density at radius 2 is 2.13 bits per heavy atom. The van der Waals surface area contributed by atoms with Crippen LogP contribution in [0.3, 0.4) is 0 Å². The molecule has 0 saturated carbocycles. The van der Waals surface area contributed by atoms with E-state index in [9.17, 15) is 0 Å². The zero-order chi connectivity index (χ0) is 11.7. The summed E-state index contributed by atoms with van der Waals surface area (Å²) in [5.74, 6) is 0.220. The number of allylic oxidation sites excluding steroid dienone is 2. The number of halogens is 1. The van der Waals surface area contributed by atoms with Gasteiger partial charge in [0.25, 0.3) is 0 Å². The van der Waals surface area contributed by atoms with E-state index in [1.165, 1.54) is 0 Å². The Morgan fingerprint density at radius 3 is 2.60 bits per heavy atom. The third-order valence-corrected chi connectivity index (χ3v) is 1.36. The standard InChI is InChI=1S/C7H10N5S.Au.ClH/c8-6(11-12-7(9)13)5-3-1-2-4-10-5;;/h1-3H,4H2,(H2,8,11)(H3,9,12,13);;1H/q-1;+1;/p-2. The average molecular weight is 428 g/mol. The minimum atomic E-state index is -0.0464. The van der Waals surface area contributed by atoms with Crippen molar-refractivity contribution in [3.8, 4) is 0 Å². The van der Waals surface area contributed by atoms with Gasteiger partial charge in [0.1, 0.15) is 5.84 Å². The van der Waals surface area contributed by atoms with Crippen LogP contribution in [0.2, 0.25) is 0 Å². The van der Waals surface area contributed by atoms with Gasteiger partial charge in [0.2, 0.25) is 0 Å². The van der Waals surface area contributed by atoms with Crippen LogP contribution >= 0.6 is 9.19 Å².